The number of hydrogen-bond donors (Lipinski definition) is 1. The lowest BCUT2D eigenvalue weighted by atomic mass is 9.97. The molecule has 116 valence electrons. The second kappa shape index (κ2) is 7.31. The van der Waals surface area contributed by atoms with Crippen LogP contribution in [-0.2, 0) is 0 Å². The summed E-state index contributed by atoms with van der Waals surface area (Å²) in [7, 11) is 0. The Balaban J connectivity index is 1.97. The van der Waals surface area contributed by atoms with Gasteiger partial charge in [0, 0.05) is 37.5 Å². The summed E-state index contributed by atoms with van der Waals surface area (Å²) in [6.07, 6.45) is 0.321. The molecular weight excluding hydrogens is 282 g/mol. The van der Waals surface area contributed by atoms with Crippen LogP contribution < -0.4 is 4.74 Å². The topological polar surface area (TPSA) is 62.7 Å². The highest BCUT2D eigenvalue weighted by Gasteiger charge is 2.23. The molecule has 0 aliphatic carbocycles. The van der Waals surface area contributed by atoms with Gasteiger partial charge in [-0.25, -0.2) is 13.8 Å². The zero-order chi connectivity index (χ0) is 15.2. The van der Waals surface area contributed by atoms with Crippen LogP contribution in [0.2, 0.25) is 0 Å². The Morgan fingerprint density at radius 3 is 2.81 bits per heavy atom. The van der Waals surface area contributed by atoms with Crippen molar-refractivity contribution < 1.29 is 23.4 Å². The number of nitrogens with zero attached hydrogens (tertiary/aromatic N) is 2. The predicted octanol–water partition coefficient (Wildman–Crippen LogP) is 1.57. The number of rotatable bonds is 5. The van der Waals surface area contributed by atoms with E-state index in [9.17, 15) is 13.6 Å². The lowest BCUT2D eigenvalue weighted by Gasteiger charge is -2.31. The molecule has 0 radical (unpaired) electrons. The van der Waals surface area contributed by atoms with E-state index in [1.165, 1.54) is 18.3 Å². The van der Waals surface area contributed by atoms with Crippen molar-refractivity contribution in [1.29, 1.82) is 0 Å². The highest BCUT2D eigenvalue weighted by molar-refractivity contribution is 5.94. The van der Waals surface area contributed by atoms with Gasteiger partial charge in [0.05, 0.1) is 0 Å². The number of carbonyl (C=O) groups excluding carboxylic acids is 1. The van der Waals surface area contributed by atoms with Gasteiger partial charge in [-0.1, -0.05) is 0 Å². The summed E-state index contributed by atoms with van der Waals surface area (Å²) < 4.78 is 29.0. The van der Waals surface area contributed by atoms with Crippen molar-refractivity contribution in [2.75, 3.05) is 26.3 Å². The predicted molar refractivity (Wildman–Crippen MR) is 71.4 cm³/mol. The fourth-order valence-electron chi connectivity index (χ4n) is 2.27. The zero-order valence-electron chi connectivity index (χ0n) is 11.5. The maximum Gasteiger partial charge on any atom is 0.272 e. The summed E-state index contributed by atoms with van der Waals surface area (Å²) in [6.45, 7) is 0.564. The lowest BCUT2D eigenvalue weighted by molar-refractivity contribution is 0.0648. The number of aliphatic hydroxyl groups excluding tert-OH is 1. The molecule has 2 rings (SSSR count). The van der Waals surface area contributed by atoms with Crippen LogP contribution in [0, 0.1) is 5.92 Å². The number of hydrogen-bond acceptors (Lipinski definition) is 4. The molecule has 1 saturated heterocycles. The molecule has 0 spiro atoms. The molecule has 0 unspecified atom stereocenters. The number of ether oxygens (including phenoxy) is 1. The molecule has 0 atom stereocenters. The Hall–Kier alpha value is -1.76. The number of aromatic nitrogens is 1. The van der Waals surface area contributed by atoms with Gasteiger partial charge in [-0.2, -0.15) is 0 Å². The summed E-state index contributed by atoms with van der Waals surface area (Å²) in [5.74, 6) is 0.0958. The third kappa shape index (κ3) is 4.35. The molecule has 1 aliphatic heterocycles. The standard InChI is InChI=1S/C14H18F2N2O3/c15-12(16)9-21-13-7-11(1-4-17-13)14(20)18-5-2-10(8-19)3-6-18/h1,4,7,10,12,19H,2-3,5-6,8-9H2. The van der Waals surface area contributed by atoms with E-state index in [4.69, 9.17) is 9.84 Å². The van der Waals surface area contributed by atoms with Crippen LogP contribution >= 0.6 is 0 Å². The van der Waals surface area contributed by atoms with Crippen LogP contribution in [0.25, 0.3) is 0 Å². The first kappa shape index (κ1) is 15.6. The van der Waals surface area contributed by atoms with Crippen LogP contribution in [0.1, 0.15) is 23.2 Å². The van der Waals surface area contributed by atoms with Gasteiger partial charge >= 0.3 is 0 Å². The van der Waals surface area contributed by atoms with Crippen molar-refractivity contribution in [3.05, 3.63) is 23.9 Å². The Bertz CT molecular complexity index is 477. The van der Waals surface area contributed by atoms with Gasteiger partial charge in [0.2, 0.25) is 5.88 Å². The first-order valence-electron chi connectivity index (χ1n) is 6.87. The zero-order valence-corrected chi connectivity index (χ0v) is 11.5. The highest BCUT2D eigenvalue weighted by Crippen LogP contribution is 2.19. The van der Waals surface area contributed by atoms with Crippen molar-refractivity contribution >= 4 is 5.91 Å². The monoisotopic (exact) mass is 300 g/mol. The van der Waals surface area contributed by atoms with Crippen LogP contribution in [0.15, 0.2) is 18.3 Å². The third-order valence-corrected chi connectivity index (χ3v) is 3.50. The molecular formula is C14H18F2N2O3. The average molecular weight is 300 g/mol. The van der Waals surface area contributed by atoms with Crippen LogP contribution in [0.4, 0.5) is 8.78 Å². The minimum Gasteiger partial charge on any atom is -0.472 e. The maximum absolute atomic E-state index is 12.3. The number of piperidine rings is 1. The van der Waals surface area contributed by atoms with E-state index >= 15 is 0 Å². The first-order valence-corrected chi connectivity index (χ1v) is 6.87. The summed E-state index contributed by atoms with van der Waals surface area (Å²) in [5.41, 5.74) is 0.372. The fraction of sp³-hybridized carbons (Fsp3) is 0.571. The molecule has 2 heterocycles. The SMILES string of the molecule is O=C(c1ccnc(OCC(F)F)c1)N1CCC(CO)CC1. The molecule has 7 heteroatoms. The molecule has 21 heavy (non-hydrogen) atoms. The number of amides is 1. The van der Waals surface area contributed by atoms with Crippen molar-refractivity contribution in [2.24, 2.45) is 5.92 Å². The van der Waals surface area contributed by atoms with E-state index in [0.29, 0.717) is 18.7 Å². The Kier molecular flexibility index (Phi) is 5.44. The van der Waals surface area contributed by atoms with Crippen LogP contribution in [0.3, 0.4) is 0 Å². The van der Waals surface area contributed by atoms with E-state index < -0.39 is 13.0 Å². The molecule has 1 amide bonds. The fourth-order valence-corrected chi connectivity index (χ4v) is 2.27. The first-order chi connectivity index (χ1) is 10.1. The molecule has 0 saturated carbocycles. The summed E-state index contributed by atoms with van der Waals surface area (Å²) in [4.78, 5) is 17.8. The van der Waals surface area contributed by atoms with E-state index in [-0.39, 0.29) is 24.3 Å². The summed E-state index contributed by atoms with van der Waals surface area (Å²) >= 11 is 0. The van der Waals surface area contributed by atoms with E-state index in [2.05, 4.69) is 4.98 Å². The maximum atomic E-state index is 12.3. The minimum absolute atomic E-state index is 0.0198. The van der Waals surface area contributed by atoms with Gasteiger partial charge in [0.1, 0.15) is 0 Å². The van der Waals surface area contributed by atoms with E-state index in [1.807, 2.05) is 0 Å². The number of carbonyl (C=O) groups is 1. The van der Waals surface area contributed by atoms with Crippen LogP contribution in [0.5, 0.6) is 5.88 Å². The number of likely N-dealkylation sites (tertiary alicyclic amines) is 1. The minimum atomic E-state index is -2.58. The van der Waals surface area contributed by atoms with Crippen molar-refractivity contribution in [3.63, 3.8) is 0 Å². The van der Waals surface area contributed by atoms with Gasteiger partial charge in [0.25, 0.3) is 12.3 Å². The molecule has 1 aliphatic rings. The summed E-state index contributed by atoms with van der Waals surface area (Å²) in [6, 6.07) is 2.92. The highest BCUT2D eigenvalue weighted by atomic mass is 19.3. The number of halogens is 2. The van der Waals surface area contributed by atoms with Crippen molar-refractivity contribution in [3.8, 4) is 5.88 Å². The molecule has 5 nitrogen and oxygen atoms in total. The van der Waals surface area contributed by atoms with E-state index in [1.54, 1.807) is 4.90 Å². The number of pyridine rings is 1. The number of aliphatic hydroxyl groups is 1. The normalized spacial score (nSPS) is 16.3. The smallest absolute Gasteiger partial charge is 0.272 e. The molecule has 0 bridgehead atoms. The van der Waals surface area contributed by atoms with Gasteiger partial charge in [0.15, 0.2) is 6.61 Å². The molecule has 1 N–H and O–H groups in total. The van der Waals surface area contributed by atoms with Crippen LogP contribution in [-0.4, -0.2) is 53.6 Å². The second-order valence-electron chi connectivity index (χ2n) is 5.00. The Labute approximate surface area is 121 Å². The van der Waals surface area contributed by atoms with Gasteiger partial charge in [-0.15, -0.1) is 0 Å². The molecule has 0 aromatic carbocycles. The molecule has 1 aromatic rings. The number of alkyl halides is 2. The lowest BCUT2D eigenvalue weighted by Crippen LogP contribution is -2.39. The van der Waals surface area contributed by atoms with Gasteiger partial charge in [-0.05, 0) is 24.8 Å². The molecule has 1 aromatic heterocycles. The summed E-state index contributed by atoms with van der Waals surface area (Å²) in [5, 5.41) is 9.08. The van der Waals surface area contributed by atoms with Crippen molar-refractivity contribution in [2.45, 2.75) is 19.3 Å². The van der Waals surface area contributed by atoms with Gasteiger partial charge < -0.3 is 14.7 Å². The largest absolute Gasteiger partial charge is 0.472 e. The Morgan fingerprint density at radius 1 is 1.48 bits per heavy atom. The van der Waals surface area contributed by atoms with E-state index in [0.717, 1.165) is 12.8 Å². The third-order valence-electron chi connectivity index (χ3n) is 3.50. The van der Waals surface area contributed by atoms with Gasteiger partial charge in [-0.3, -0.25) is 4.79 Å². The molecule has 1 fully saturated rings. The second-order valence-corrected chi connectivity index (χ2v) is 5.00. The Morgan fingerprint density at radius 2 is 2.19 bits per heavy atom. The average Bonchev–Trinajstić information content (AvgIpc) is 2.52. The quantitative estimate of drug-likeness (QED) is 0.896. The van der Waals surface area contributed by atoms with Crippen molar-refractivity contribution in [1.82, 2.24) is 9.88 Å².